The largest absolute Gasteiger partial charge is 0.489 e. The fourth-order valence-corrected chi connectivity index (χ4v) is 4.75. The van der Waals surface area contributed by atoms with Gasteiger partial charge in [-0.3, -0.25) is 9.78 Å². The third-order valence-electron chi connectivity index (χ3n) is 6.63. The lowest BCUT2D eigenvalue weighted by Gasteiger charge is -2.18. The molecule has 0 fully saturated rings. The molecule has 0 saturated carbocycles. The summed E-state index contributed by atoms with van der Waals surface area (Å²) < 4.78 is 8.25. The summed E-state index contributed by atoms with van der Waals surface area (Å²) in [5.74, 6) is 0.702. The Kier molecular flexibility index (Phi) is 7.60. The number of amides is 1. The van der Waals surface area contributed by atoms with Crippen LogP contribution < -0.4 is 10.1 Å². The van der Waals surface area contributed by atoms with Crippen LogP contribution in [-0.4, -0.2) is 22.0 Å². The third kappa shape index (κ3) is 6.07. The highest BCUT2D eigenvalue weighted by Crippen LogP contribution is 2.35. The summed E-state index contributed by atoms with van der Waals surface area (Å²) in [5, 5.41) is 4.26. The number of para-hydroxylation sites is 1. The first-order valence-electron chi connectivity index (χ1n) is 12.6. The number of carbonyl (C=O) groups is 1. The standard InChI is InChI=1S/C32H31N3O2/c1-35-22-30(28-15-5-6-16-31(28)35)29(21-32(36)34-19-17-26-13-7-8-18-33-26)25-12-9-14-27(20-25)37-23-24-10-3-2-4-11-24/h2-16,18,20,22,29H,17,19,21,23H2,1H3,(H,34,36)/t29-/m0/s1. The fourth-order valence-electron chi connectivity index (χ4n) is 4.75. The molecule has 0 spiro atoms. The van der Waals surface area contributed by atoms with Gasteiger partial charge in [0.15, 0.2) is 0 Å². The lowest BCUT2D eigenvalue weighted by Crippen LogP contribution is -2.27. The molecular formula is C32H31N3O2. The van der Waals surface area contributed by atoms with Gasteiger partial charge in [-0.2, -0.15) is 0 Å². The summed E-state index contributed by atoms with van der Waals surface area (Å²) in [6.07, 6.45) is 4.97. The normalized spacial score (nSPS) is 11.8. The van der Waals surface area contributed by atoms with Crippen molar-refractivity contribution in [2.75, 3.05) is 6.54 Å². The van der Waals surface area contributed by atoms with Crippen LogP contribution in [0.15, 0.2) is 109 Å². The summed E-state index contributed by atoms with van der Waals surface area (Å²) in [7, 11) is 2.05. The average Bonchev–Trinajstić information content (AvgIpc) is 3.28. The number of fused-ring (bicyclic) bond motifs is 1. The second kappa shape index (κ2) is 11.6. The van der Waals surface area contributed by atoms with E-state index in [2.05, 4.69) is 70.6 Å². The van der Waals surface area contributed by atoms with Crippen molar-refractivity contribution in [2.24, 2.45) is 7.05 Å². The molecule has 5 rings (SSSR count). The molecule has 5 aromatic rings. The SMILES string of the molecule is Cn1cc([C@@H](CC(=O)NCCc2ccccn2)c2cccc(OCc3ccccc3)c2)c2ccccc21. The van der Waals surface area contributed by atoms with E-state index in [-0.39, 0.29) is 11.8 Å². The highest BCUT2D eigenvalue weighted by Gasteiger charge is 2.23. The Labute approximate surface area is 217 Å². The van der Waals surface area contributed by atoms with E-state index in [4.69, 9.17) is 4.74 Å². The molecule has 0 bridgehead atoms. The van der Waals surface area contributed by atoms with Crippen molar-refractivity contribution in [2.45, 2.75) is 25.4 Å². The van der Waals surface area contributed by atoms with Gasteiger partial charge < -0.3 is 14.6 Å². The van der Waals surface area contributed by atoms with Crippen LogP contribution in [0.5, 0.6) is 5.75 Å². The number of pyridine rings is 1. The van der Waals surface area contributed by atoms with Crippen LogP contribution in [0.1, 0.15) is 34.7 Å². The Morgan fingerprint density at radius 1 is 0.946 bits per heavy atom. The first-order chi connectivity index (χ1) is 18.2. The summed E-state index contributed by atoms with van der Waals surface area (Å²) >= 11 is 0. The van der Waals surface area contributed by atoms with E-state index in [1.54, 1.807) is 6.20 Å². The van der Waals surface area contributed by atoms with Crippen LogP contribution in [0, 0.1) is 0 Å². The van der Waals surface area contributed by atoms with Crippen molar-refractivity contribution >= 4 is 16.8 Å². The number of nitrogens with zero attached hydrogens (tertiary/aromatic N) is 2. The van der Waals surface area contributed by atoms with E-state index in [9.17, 15) is 4.79 Å². The molecule has 0 saturated heterocycles. The number of carbonyl (C=O) groups excluding carboxylic acids is 1. The molecule has 5 nitrogen and oxygen atoms in total. The maximum atomic E-state index is 13.2. The van der Waals surface area contributed by atoms with Gasteiger partial charge in [0, 0.05) is 61.3 Å². The van der Waals surface area contributed by atoms with Gasteiger partial charge in [-0.1, -0.05) is 66.7 Å². The van der Waals surface area contributed by atoms with Crippen molar-refractivity contribution in [1.29, 1.82) is 0 Å². The first kappa shape index (κ1) is 24.3. The smallest absolute Gasteiger partial charge is 0.220 e. The molecule has 1 N–H and O–H groups in total. The quantitative estimate of drug-likeness (QED) is 0.260. The predicted octanol–water partition coefficient (Wildman–Crippen LogP) is 6.03. The van der Waals surface area contributed by atoms with Gasteiger partial charge >= 0.3 is 0 Å². The lowest BCUT2D eigenvalue weighted by atomic mass is 9.88. The van der Waals surface area contributed by atoms with E-state index in [1.165, 1.54) is 0 Å². The zero-order chi connectivity index (χ0) is 25.5. The zero-order valence-electron chi connectivity index (χ0n) is 21.0. The maximum Gasteiger partial charge on any atom is 0.220 e. The predicted molar refractivity (Wildman–Crippen MR) is 148 cm³/mol. The van der Waals surface area contributed by atoms with Crippen LogP contribution in [0.2, 0.25) is 0 Å². The number of aromatic nitrogens is 2. The number of ether oxygens (including phenoxy) is 1. The maximum absolute atomic E-state index is 13.2. The summed E-state index contributed by atoms with van der Waals surface area (Å²) in [5.41, 5.74) is 5.43. The van der Waals surface area contributed by atoms with Gasteiger partial charge in [0.2, 0.25) is 5.91 Å². The highest BCUT2D eigenvalue weighted by molar-refractivity contribution is 5.86. The zero-order valence-corrected chi connectivity index (χ0v) is 21.0. The van der Waals surface area contributed by atoms with Gasteiger partial charge in [-0.25, -0.2) is 0 Å². The molecular weight excluding hydrogens is 458 g/mol. The van der Waals surface area contributed by atoms with E-state index in [0.29, 0.717) is 26.0 Å². The van der Waals surface area contributed by atoms with Crippen molar-refractivity contribution in [1.82, 2.24) is 14.9 Å². The molecule has 5 heteroatoms. The minimum absolute atomic E-state index is 0.0180. The second-order valence-corrected chi connectivity index (χ2v) is 9.24. The molecule has 186 valence electrons. The topological polar surface area (TPSA) is 56.2 Å². The van der Waals surface area contributed by atoms with E-state index >= 15 is 0 Å². The number of benzene rings is 3. The number of nitrogens with one attached hydrogen (secondary N) is 1. The van der Waals surface area contributed by atoms with Gasteiger partial charge in [0.25, 0.3) is 0 Å². The van der Waals surface area contributed by atoms with Crippen LogP contribution in [0.25, 0.3) is 10.9 Å². The molecule has 0 aliphatic rings. The Hall–Kier alpha value is -4.38. The number of hydrogen-bond donors (Lipinski definition) is 1. The number of hydrogen-bond acceptors (Lipinski definition) is 3. The Bertz CT molecular complexity index is 1460. The summed E-state index contributed by atoms with van der Waals surface area (Å²) in [6, 6.07) is 32.4. The number of aryl methyl sites for hydroxylation is 1. The van der Waals surface area contributed by atoms with Gasteiger partial charge in [-0.05, 0) is 47.0 Å². The van der Waals surface area contributed by atoms with E-state index in [0.717, 1.165) is 39.0 Å². The molecule has 2 aromatic heterocycles. The Morgan fingerprint density at radius 3 is 2.59 bits per heavy atom. The molecule has 0 radical (unpaired) electrons. The second-order valence-electron chi connectivity index (χ2n) is 9.24. The first-order valence-corrected chi connectivity index (χ1v) is 12.6. The number of rotatable bonds is 10. The molecule has 3 aromatic carbocycles. The molecule has 0 unspecified atom stereocenters. The molecule has 1 amide bonds. The van der Waals surface area contributed by atoms with Crippen molar-refractivity contribution in [3.8, 4) is 5.75 Å². The molecule has 0 aliphatic carbocycles. The molecule has 1 atom stereocenters. The molecule has 37 heavy (non-hydrogen) atoms. The average molecular weight is 490 g/mol. The van der Waals surface area contributed by atoms with Crippen LogP contribution >= 0.6 is 0 Å². The Morgan fingerprint density at radius 2 is 1.76 bits per heavy atom. The van der Waals surface area contributed by atoms with Crippen LogP contribution in [0.4, 0.5) is 0 Å². The van der Waals surface area contributed by atoms with E-state index in [1.807, 2.05) is 54.6 Å². The van der Waals surface area contributed by atoms with Crippen LogP contribution in [-0.2, 0) is 24.9 Å². The Balaban J connectivity index is 1.38. The van der Waals surface area contributed by atoms with Crippen LogP contribution in [0.3, 0.4) is 0 Å². The third-order valence-corrected chi connectivity index (χ3v) is 6.63. The lowest BCUT2D eigenvalue weighted by molar-refractivity contribution is -0.121. The summed E-state index contributed by atoms with van der Waals surface area (Å²) in [6.45, 7) is 1.05. The molecule has 2 heterocycles. The minimum atomic E-state index is -0.110. The fraction of sp³-hybridized carbons (Fsp3) is 0.188. The summed E-state index contributed by atoms with van der Waals surface area (Å²) in [4.78, 5) is 17.5. The monoisotopic (exact) mass is 489 g/mol. The molecule has 0 aliphatic heterocycles. The minimum Gasteiger partial charge on any atom is -0.489 e. The van der Waals surface area contributed by atoms with Gasteiger partial charge in [-0.15, -0.1) is 0 Å². The van der Waals surface area contributed by atoms with E-state index < -0.39 is 0 Å². The van der Waals surface area contributed by atoms with Crippen molar-refractivity contribution in [3.63, 3.8) is 0 Å². The highest BCUT2D eigenvalue weighted by atomic mass is 16.5. The van der Waals surface area contributed by atoms with Gasteiger partial charge in [0.1, 0.15) is 12.4 Å². The van der Waals surface area contributed by atoms with Gasteiger partial charge in [0.05, 0.1) is 0 Å². The van der Waals surface area contributed by atoms with Crippen molar-refractivity contribution < 1.29 is 9.53 Å². The van der Waals surface area contributed by atoms with Crippen molar-refractivity contribution in [3.05, 3.63) is 132 Å².